The van der Waals surface area contributed by atoms with Crippen LogP contribution in [0.5, 0.6) is 17.2 Å². The van der Waals surface area contributed by atoms with Gasteiger partial charge < -0.3 is 20.1 Å². The largest absolute Gasteiger partial charge is 0.573 e. The molecule has 172 valence electrons. The number of carbonyl (C=O) groups is 2. The van der Waals surface area contributed by atoms with Crippen molar-refractivity contribution in [2.75, 3.05) is 13.6 Å². The van der Waals surface area contributed by atoms with Gasteiger partial charge in [-0.15, -0.1) is 13.2 Å². The van der Waals surface area contributed by atoms with E-state index in [1.54, 1.807) is 24.3 Å². The number of amides is 2. The lowest BCUT2D eigenvalue weighted by atomic mass is 10.1. The first-order valence-corrected chi connectivity index (χ1v) is 9.82. The minimum Gasteiger partial charge on any atom is -0.457 e. The molecule has 7 nitrogen and oxygen atoms in total. The first kappa shape index (κ1) is 23.6. The van der Waals surface area contributed by atoms with E-state index in [-0.39, 0.29) is 17.2 Å². The van der Waals surface area contributed by atoms with Crippen LogP contribution in [0.1, 0.15) is 26.4 Å². The lowest BCUT2D eigenvalue weighted by Gasteiger charge is -2.10. The molecule has 0 unspecified atom stereocenters. The zero-order valence-corrected chi connectivity index (χ0v) is 17.5. The zero-order valence-electron chi connectivity index (χ0n) is 17.5. The van der Waals surface area contributed by atoms with E-state index < -0.39 is 18.0 Å². The van der Waals surface area contributed by atoms with E-state index in [1.807, 2.05) is 6.07 Å². The standard InChI is InChI=1S/C23H20F3N3O4/c1-27-22(31)20-14-19(10-12-28-20)32-18-4-2-3-15(13-18)9-11-29-21(30)16-5-7-17(8-6-16)33-23(24,25)26/h2-8,10,12-14H,9,11H2,1H3,(H,27,31)(H,29,30). The van der Waals surface area contributed by atoms with Crippen molar-refractivity contribution in [3.63, 3.8) is 0 Å². The fourth-order valence-corrected chi connectivity index (χ4v) is 2.86. The van der Waals surface area contributed by atoms with Crippen LogP contribution >= 0.6 is 0 Å². The maximum atomic E-state index is 12.2. The molecule has 1 heterocycles. The summed E-state index contributed by atoms with van der Waals surface area (Å²) in [6, 6.07) is 15.1. The van der Waals surface area contributed by atoms with E-state index in [0.29, 0.717) is 24.5 Å². The van der Waals surface area contributed by atoms with Crippen LogP contribution in [-0.4, -0.2) is 36.8 Å². The summed E-state index contributed by atoms with van der Waals surface area (Å²) >= 11 is 0. The van der Waals surface area contributed by atoms with Gasteiger partial charge in [-0.1, -0.05) is 12.1 Å². The van der Waals surface area contributed by atoms with Crippen molar-refractivity contribution >= 4 is 11.8 Å². The Bertz CT molecular complexity index is 1120. The van der Waals surface area contributed by atoms with Crippen LogP contribution in [0.25, 0.3) is 0 Å². The number of ether oxygens (including phenoxy) is 2. The lowest BCUT2D eigenvalue weighted by molar-refractivity contribution is -0.274. The van der Waals surface area contributed by atoms with Gasteiger partial charge in [0, 0.05) is 31.4 Å². The number of nitrogens with one attached hydrogen (secondary N) is 2. The van der Waals surface area contributed by atoms with Gasteiger partial charge in [0.25, 0.3) is 11.8 Å². The second-order valence-corrected chi connectivity index (χ2v) is 6.78. The van der Waals surface area contributed by atoms with Gasteiger partial charge in [0.05, 0.1) is 0 Å². The Hall–Kier alpha value is -4.08. The average molecular weight is 459 g/mol. The number of rotatable bonds is 8. The molecule has 0 bridgehead atoms. The molecule has 0 saturated carbocycles. The molecule has 0 fully saturated rings. The fourth-order valence-electron chi connectivity index (χ4n) is 2.86. The molecule has 0 saturated heterocycles. The third kappa shape index (κ3) is 7.23. The predicted octanol–water partition coefficient (Wildman–Crippen LogP) is 4.10. The lowest BCUT2D eigenvalue weighted by Crippen LogP contribution is -2.25. The van der Waals surface area contributed by atoms with Gasteiger partial charge in [0.15, 0.2) is 0 Å². The van der Waals surface area contributed by atoms with Crippen molar-refractivity contribution in [1.82, 2.24) is 15.6 Å². The normalized spacial score (nSPS) is 10.9. The SMILES string of the molecule is CNC(=O)c1cc(Oc2cccc(CCNC(=O)c3ccc(OC(F)(F)F)cc3)c2)ccn1. The summed E-state index contributed by atoms with van der Waals surface area (Å²) in [5, 5.41) is 5.21. The highest BCUT2D eigenvalue weighted by molar-refractivity contribution is 5.94. The van der Waals surface area contributed by atoms with E-state index in [9.17, 15) is 22.8 Å². The molecule has 3 aromatic rings. The number of pyridine rings is 1. The molecule has 1 aromatic heterocycles. The molecule has 2 N–H and O–H groups in total. The molecule has 0 atom stereocenters. The van der Waals surface area contributed by atoms with Crippen LogP contribution < -0.4 is 20.1 Å². The molecule has 0 aliphatic heterocycles. The van der Waals surface area contributed by atoms with Crippen LogP contribution in [-0.2, 0) is 6.42 Å². The number of halogens is 3. The number of alkyl halides is 3. The number of benzene rings is 2. The van der Waals surface area contributed by atoms with Gasteiger partial charge in [0.2, 0.25) is 0 Å². The van der Waals surface area contributed by atoms with Crippen LogP contribution in [0.4, 0.5) is 13.2 Å². The summed E-state index contributed by atoms with van der Waals surface area (Å²) in [5.74, 6) is -0.139. The van der Waals surface area contributed by atoms with E-state index >= 15 is 0 Å². The molecule has 33 heavy (non-hydrogen) atoms. The van der Waals surface area contributed by atoms with Gasteiger partial charge in [-0.05, 0) is 54.4 Å². The Kier molecular flexibility index (Phi) is 7.50. The molecule has 10 heteroatoms. The molecule has 0 aliphatic carbocycles. The molecule has 2 aromatic carbocycles. The Morgan fingerprint density at radius 3 is 2.36 bits per heavy atom. The van der Waals surface area contributed by atoms with E-state index in [2.05, 4.69) is 20.4 Å². The van der Waals surface area contributed by atoms with E-state index in [0.717, 1.165) is 17.7 Å². The molecule has 0 radical (unpaired) electrons. The van der Waals surface area contributed by atoms with E-state index in [4.69, 9.17) is 4.74 Å². The molecule has 0 spiro atoms. The predicted molar refractivity (Wildman–Crippen MR) is 113 cm³/mol. The van der Waals surface area contributed by atoms with Gasteiger partial charge >= 0.3 is 6.36 Å². The highest BCUT2D eigenvalue weighted by atomic mass is 19.4. The Balaban J connectivity index is 1.54. The molecule has 0 aliphatic rings. The third-order valence-corrected chi connectivity index (χ3v) is 4.37. The summed E-state index contributed by atoms with van der Waals surface area (Å²) in [4.78, 5) is 27.9. The quantitative estimate of drug-likeness (QED) is 0.529. The summed E-state index contributed by atoms with van der Waals surface area (Å²) in [5.41, 5.74) is 1.33. The highest BCUT2D eigenvalue weighted by Gasteiger charge is 2.31. The van der Waals surface area contributed by atoms with Crippen LogP contribution in [0.3, 0.4) is 0 Å². The number of aromatic nitrogens is 1. The average Bonchev–Trinajstić information content (AvgIpc) is 2.78. The first-order chi connectivity index (χ1) is 15.7. The zero-order chi connectivity index (χ0) is 23.8. The first-order valence-electron chi connectivity index (χ1n) is 9.82. The van der Waals surface area contributed by atoms with Crippen molar-refractivity contribution < 1.29 is 32.2 Å². The minimum atomic E-state index is -4.79. The highest BCUT2D eigenvalue weighted by Crippen LogP contribution is 2.24. The second-order valence-electron chi connectivity index (χ2n) is 6.78. The van der Waals surface area contributed by atoms with Crippen molar-refractivity contribution in [2.45, 2.75) is 12.8 Å². The minimum absolute atomic E-state index is 0.214. The number of hydrogen-bond donors (Lipinski definition) is 2. The Labute approximate surface area is 187 Å². The van der Waals surface area contributed by atoms with Crippen molar-refractivity contribution in [3.8, 4) is 17.2 Å². The maximum absolute atomic E-state index is 12.2. The third-order valence-electron chi connectivity index (χ3n) is 4.37. The van der Waals surface area contributed by atoms with Gasteiger partial charge in [0.1, 0.15) is 22.9 Å². The smallest absolute Gasteiger partial charge is 0.457 e. The molecular weight excluding hydrogens is 439 g/mol. The van der Waals surface area contributed by atoms with Crippen molar-refractivity contribution in [3.05, 3.63) is 83.7 Å². The Morgan fingerprint density at radius 2 is 1.67 bits per heavy atom. The maximum Gasteiger partial charge on any atom is 0.573 e. The topological polar surface area (TPSA) is 89.6 Å². The van der Waals surface area contributed by atoms with Gasteiger partial charge in [-0.3, -0.25) is 14.6 Å². The van der Waals surface area contributed by atoms with Crippen LogP contribution in [0, 0.1) is 0 Å². The summed E-state index contributed by atoms with van der Waals surface area (Å²) in [7, 11) is 1.51. The monoisotopic (exact) mass is 459 g/mol. The number of carbonyl (C=O) groups excluding carboxylic acids is 2. The fraction of sp³-hybridized carbons (Fsp3) is 0.174. The second kappa shape index (κ2) is 10.5. The van der Waals surface area contributed by atoms with E-state index in [1.165, 1.54) is 31.4 Å². The summed E-state index contributed by atoms with van der Waals surface area (Å²) in [6.45, 7) is 0.305. The van der Waals surface area contributed by atoms with Gasteiger partial charge in [-0.2, -0.15) is 0 Å². The van der Waals surface area contributed by atoms with Crippen LogP contribution in [0.2, 0.25) is 0 Å². The van der Waals surface area contributed by atoms with Crippen molar-refractivity contribution in [1.29, 1.82) is 0 Å². The molecular formula is C23H20F3N3O4. The van der Waals surface area contributed by atoms with Gasteiger partial charge in [-0.25, -0.2) is 0 Å². The Morgan fingerprint density at radius 1 is 0.939 bits per heavy atom. The van der Waals surface area contributed by atoms with Crippen molar-refractivity contribution in [2.24, 2.45) is 0 Å². The van der Waals surface area contributed by atoms with Crippen LogP contribution in [0.15, 0.2) is 66.9 Å². The number of nitrogens with zero attached hydrogens (tertiary/aromatic N) is 1. The summed E-state index contributed by atoms with van der Waals surface area (Å²) in [6.07, 6.45) is -2.81. The molecule has 3 rings (SSSR count). The molecule has 2 amide bonds. The number of hydrogen-bond acceptors (Lipinski definition) is 5. The summed E-state index contributed by atoms with van der Waals surface area (Å²) < 4.78 is 46.2.